The molecule has 0 heterocycles. The molecule has 0 aromatic rings. The molecule has 1 aliphatic rings. The number of hydrogen-bond donors (Lipinski definition) is 1. The minimum Gasteiger partial charge on any atom is -0.463 e. The predicted molar refractivity (Wildman–Crippen MR) is 47.1 cm³/mol. The molecule has 2 N–H and O–H groups in total. The lowest BCUT2D eigenvalue weighted by Crippen LogP contribution is -2.11. The Hall–Kier alpha value is -1.76. The third-order valence-electron chi connectivity index (χ3n) is 1.74. The Balaban J connectivity index is 2.82. The summed E-state index contributed by atoms with van der Waals surface area (Å²) >= 11 is 0. The molecule has 1 rings (SSSR count). The minimum absolute atomic E-state index is 0.258. The number of esters is 1. The first-order valence-electron chi connectivity index (χ1n) is 3.94. The lowest BCUT2D eigenvalue weighted by Gasteiger charge is -2.03. The van der Waals surface area contributed by atoms with Gasteiger partial charge in [0, 0.05) is 5.70 Å². The zero-order chi connectivity index (χ0) is 9.84. The summed E-state index contributed by atoms with van der Waals surface area (Å²) < 4.78 is 4.78. The second kappa shape index (κ2) is 3.76. The van der Waals surface area contributed by atoms with Crippen molar-refractivity contribution in [3.8, 4) is 0 Å². The smallest absolute Gasteiger partial charge is 0.334 e. The molecule has 0 bridgehead atoms. The maximum absolute atomic E-state index is 11.2. The van der Waals surface area contributed by atoms with Gasteiger partial charge in [0.25, 0.3) is 0 Å². The number of nitrogens with zero attached hydrogens (tertiary/aromatic N) is 1. The van der Waals surface area contributed by atoms with Crippen LogP contribution in [-0.4, -0.2) is 12.6 Å². The zero-order valence-electron chi connectivity index (χ0n) is 7.33. The van der Waals surface area contributed by atoms with Gasteiger partial charge in [-0.25, -0.2) is 9.64 Å². The average Bonchev–Trinajstić information content (AvgIpc) is 2.47. The van der Waals surface area contributed by atoms with Crippen LogP contribution in [0.3, 0.4) is 0 Å². The lowest BCUT2D eigenvalue weighted by atomic mass is 10.2. The first kappa shape index (κ1) is 9.33. The van der Waals surface area contributed by atoms with Crippen molar-refractivity contribution in [3.63, 3.8) is 0 Å². The van der Waals surface area contributed by atoms with E-state index in [-0.39, 0.29) is 5.70 Å². The molecule has 4 heteroatoms. The standard InChI is InChI=1S/C9H10N2O2/c1-3-13-9(12)6-4-5-7(11-2)8(6)10/h5H,3-4,10H2,1H3. The second-order valence-corrected chi connectivity index (χ2v) is 2.52. The molecule has 0 fully saturated rings. The summed E-state index contributed by atoms with van der Waals surface area (Å²) in [5.41, 5.74) is 6.57. The Morgan fingerprint density at radius 1 is 1.85 bits per heavy atom. The van der Waals surface area contributed by atoms with Crippen molar-refractivity contribution in [1.29, 1.82) is 0 Å². The van der Waals surface area contributed by atoms with E-state index in [0.717, 1.165) is 0 Å². The van der Waals surface area contributed by atoms with Crippen LogP contribution in [0.15, 0.2) is 23.0 Å². The Labute approximate surface area is 76.5 Å². The summed E-state index contributed by atoms with van der Waals surface area (Å²) in [5, 5.41) is 0. The molecule has 0 aromatic heterocycles. The summed E-state index contributed by atoms with van der Waals surface area (Å²) in [6.45, 7) is 8.81. The number of carbonyl (C=O) groups is 1. The van der Waals surface area contributed by atoms with E-state index in [2.05, 4.69) is 4.85 Å². The van der Waals surface area contributed by atoms with Crippen LogP contribution in [0.25, 0.3) is 4.85 Å². The van der Waals surface area contributed by atoms with E-state index in [1.54, 1.807) is 13.0 Å². The van der Waals surface area contributed by atoms with E-state index in [4.69, 9.17) is 17.0 Å². The lowest BCUT2D eigenvalue weighted by molar-refractivity contribution is -0.138. The van der Waals surface area contributed by atoms with Gasteiger partial charge in [0.1, 0.15) is 0 Å². The van der Waals surface area contributed by atoms with Gasteiger partial charge in [-0.2, -0.15) is 0 Å². The third-order valence-corrected chi connectivity index (χ3v) is 1.74. The molecule has 0 saturated heterocycles. The maximum atomic E-state index is 11.2. The van der Waals surface area contributed by atoms with Gasteiger partial charge in [-0.15, -0.1) is 0 Å². The van der Waals surface area contributed by atoms with Crippen LogP contribution in [-0.2, 0) is 9.53 Å². The Bertz CT molecular complexity index is 334. The average molecular weight is 178 g/mol. The van der Waals surface area contributed by atoms with E-state index < -0.39 is 5.97 Å². The van der Waals surface area contributed by atoms with Crippen molar-refractivity contribution >= 4 is 5.97 Å². The fraction of sp³-hybridized carbons (Fsp3) is 0.333. The highest BCUT2D eigenvalue weighted by Crippen LogP contribution is 2.24. The van der Waals surface area contributed by atoms with Crippen LogP contribution < -0.4 is 5.73 Å². The van der Waals surface area contributed by atoms with Crippen molar-refractivity contribution < 1.29 is 9.53 Å². The predicted octanol–water partition coefficient (Wildman–Crippen LogP) is 0.969. The molecule has 68 valence electrons. The van der Waals surface area contributed by atoms with Gasteiger partial charge in [0.05, 0.1) is 18.8 Å². The maximum Gasteiger partial charge on any atom is 0.334 e. The van der Waals surface area contributed by atoms with Crippen molar-refractivity contribution in [2.24, 2.45) is 5.73 Å². The largest absolute Gasteiger partial charge is 0.463 e. The number of ether oxygens (including phenoxy) is 1. The molecule has 13 heavy (non-hydrogen) atoms. The molecular weight excluding hydrogens is 168 g/mol. The zero-order valence-corrected chi connectivity index (χ0v) is 7.33. The molecular formula is C9H10N2O2. The first-order chi connectivity index (χ1) is 6.20. The van der Waals surface area contributed by atoms with Crippen molar-refractivity contribution in [1.82, 2.24) is 0 Å². The summed E-state index contributed by atoms with van der Waals surface area (Å²) in [5.74, 6) is -0.421. The Morgan fingerprint density at radius 2 is 2.54 bits per heavy atom. The molecule has 0 aromatic carbocycles. The van der Waals surface area contributed by atoms with Gasteiger partial charge >= 0.3 is 5.97 Å². The van der Waals surface area contributed by atoms with Crippen LogP contribution in [0.5, 0.6) is 0 Å². The highest BCUT2D eigenvalue weighted by molar-refractivity contribution is 5.91. The van der Waals surface area contributed by atoms with E-state index in [1.807, 2.05) is 0 Å². The van der Waals surface area contributed by atoms with E-state index in [1.165, 1.54) is 0 Å². The van der Waals surface area contributed by atoms with Crippen molar-refractivity contribution in [2.75, 3.05) is 6.61 Å². The summed E-state index contributed by atoms with van der Waals surface area (Å²) in [6.07, 6.45) is 2.04. The summed E-state index contributed by atoms with van der Waals surface area (Å²) in [7, 11) is 0. The quantitative estimate of drug-likeness (QED) is 0.506. The van der Waals surface area contributed by atoms with Crippen LogP contribution in [0.2, 0.25) is 0 Å². The number of allylic oxidation sites excluding steroid dienone is 1. The Morgan fingerprint density at radius 3 is 3.00 bits per heavy atom. The Kier molecular flexibility index (Phi) is 2.70. The summed E-state index contributed by atoms with van der Waals surface area (Å²) in [6, 6.07) is 0. The normalized spacial score (nSPS) is 15.2. The molecule has 0 saturated carbocycles. The molecule has 0 spiro atoms. The minimum atomic E-state index is -0.421. The van der Waals surface area contributed by atoms with E-state index >= 15 is 0 Å². The fourth-order valence-electron chi connectivity index (χ4n) is 1.09. The first-order valence-corrected chi connectivity index (χ1v) is 3.94. The molecule has 0 amide bonds. The van der Waals surface area contributed by atoms with Crippen LogP contribution in [0, 0.1) is 6.57 Å². The van der Waals surface area contributed by atoms with Crippen molar-refractivity contribution in [3.05, 3.63) is 34.5 Å². The number of rotatable bonds is 2. The molecule has 0 radical (unpaired) electrons. The van der Waals surface area contributed by atoms with Crippen LogP contribution in [0.4, 0.5) is 0 Å². The van der Waals surface area contributed by atoms with Gasteiger partial charge in [0.15, 0.2) is 0 Å². The van der Waals surface area contributed by atoms with Crippen molar-refractivity contribution in [2.45, 2.75) is 13.3 Å². The highest BCUT2D eigenvalue weighted by atomic mass is 16.5. The SMILES string of the molecule is [C-]#[N+]C1=CCC(C(=O)OCC)=C1N. The molecule has 1 aliphatic carbocycles. The van der Waals surface area contributed by atoms with Gasteiger partial charge in [0.2, 0.25) is 5.70 Å². The number of hydrogen-bond acceptors (Lipinski definition) is 3. The second-order valence-electron chi connectivity index (χ2n) is 2.52. The molecule has 0 atom stereocenters. The topological polar surface area (TPSA) is 56.7 Å². The van der Waals surface area contributed by atoms with Gasteiger partial charge in [-0.1, -0.05) is 6.08 Å². The highest BCUT2D eigenvalue weighted by Gasteiger charge is 2.21. The third kappa shape index (κ3) is 1.70. The molecule has 0 aliphatic heterocycles. The monoisotopic (exact) mass is 178 g/mol. The van der Waals surface area contributed by atoms with Crippen LogP contribution in [0.1, 0.15) is 13.3 Å². The van der Waals surface area contributed by atoms with Crippen LogP contribution >= 0.6 is 0 Å². The fourth-order valence-corrected chi connectivity index (χ4v) is 1.09. The van der Waals surface area contributed by atoms with Gasteiger partial charge in [-0.05, 0) is 13.3 Å². The van der Waals surface area contributed by atoms with E-state index in [0.29, 0.717) is 24.3 Å². The van der Waals surface area contributed by atoms with Gasteiger partial charge in [-0.3, -0.25) is 0 Å². The molecule has 0 unspecified atom stereocenters. The van der Waals surface area contributed by atoms with Gasteiger partial charge < -0.3 is 10.5 Å². The summed E-state index contributed by atoms with van der Waals surface area (Å²) in [4.78, 5) is 14.4. The molecule has 4 nitrogen and oxygen atoms in total. The number of carbonyl (C=O) groups excluding carboxylic acids is 1. The van der Waals surface area contributed by atoms with E-state index in [9.17, 15) is 4.79 Å². The number of nitrogens with two attached hydrogens (primary N) is 1.